The van der Waals surface area contributed by atoms with E-state index in [0.717, 1.165) is 17.8 Å². The van der Waals surface area contributed by atoms with E-state index in [2.05, 4.69) is 9.12 Å². The van der Waals surface area contributed by atoms with E-state index >= 15 is 0 Å². The molecule has 1 N–H and O–H groups in total. The molecule has 13 heteroatoms. The second kappa shape index (κ2) is 6.78. The molecule has 0 radical (unpaired) electrons. The summed E-state index contributed by atoms with van der Waals surface area (Å²) in [5, 5.41) is 0.203. The number of sulfone groups is 1. The minimum atomic E-state index is -4.08. The van der Waals surface area contributed by atoms with E-state index in [1.165, 1.54) is 12.1 Å². The Morgan fingerprint density at radius 2 is 1.85 bits per heavy atom. The van der Waals surface area contributed by atoms with Gasteiger partial charge in [0.2, 0.25) is 10.0 Å². The van der Waals surface area contributed by atoms with Crippen molar-refractivity contribution in [2.45, 2.75) is 21.6 Å². The van der Waals surface area contributed by atoms with Gasteiger partial charge in [-0.15, -0.1) is 4.40 Å². The smallest absolute Gasteiger partial charge is 0.285 e. The standard InChI is InChI=1S/C13H17N3O6S4/c1-2-14-25(19,20)10-3-4-11-12(9-10)26(21,22)15-13(23-11)16-5-7-24(17,18)8-6-16/h3-4,9,14H,2,5-8H2,1H3. The number of hydrogen-bond acceptors (Lipinski definition) is 8. The lowest BCUT2D eigenvalue weighted by atomic mass is 10.4. The average molecular weight is 440 g/mol. The Morgan fingerprint density at radius 3 is 2.46 bits per heavy atom. The van der Waals surface area contributed by atoms with Gasteiger partial charge in [-0.2, -0.15) is 8.42 Å². The van der Waals surface area contributed by atoms with Gasteiger partial charge in [-0.3, -0.25) is 0 Å². The number of nitrogens with one attached hydrogen (secondary N) is 1. The third kappa shape index (κ3) is 3.91. The molecule has 144 valence electrons. The van der Waals surface area contributed by atoms with E-state index < -0.39 is 29.9 Å². The summed E-state index contributed by atoms with van der Waals surface area (Å²) >= 11 is 1.09. The fraction of sp³-hybridized carbons (Fsp3) is 0.462. The van der Waals surface area contributed by atoms with Crippen LogP contribution >= 0.6 is 11.8 Å². The van der Waals surface area contributed by atoms with Crippen LogP contribution in [0.25, 0.3) is 0 Å². The molecule has 0 saturated carbocycles. The van der Waals surface area contributed by atoms with Crippen molar-refractivity contribution in [3.8, 4) is 0 Å². The number of nitrogens with zero attached hydrogens (tertiary/aromatic N) is 2. The Morgan fingerprint density at radius 1 is 1.19 bits per heavy atom. The SMILES string of the molecule is CCNS(=O)(=O)c1ccc2c(c1)S(=O)(=O)N=C(N1CCS(=O)(=O)CC1)S2. The third-order valence-electron chi connectivity index (χ3n) is 3.85. The van der Waals surface area contributed by atoms with Crippen molar-refractivity contribution < 1.29 is 25.3 Å². The molecule has 0 spiro atoms. The minimum absolute atomic E-state index is 0.0562. The number of amidine groups is 1. The van der Waals surface area contributed by atoms with Crippen molar-refractivity contribution in [3.63, 3.8) is 0 Å². The summed E-state index contributed by atoms with van der Waals surface area (Å²) in [7, 11) is -11.0. The molecule has 2 aliphatic rings. The molecule has 1 aromatic carbocycles. The Labute approximate surface area is 156 Å². The summed E-state index contributed by atoms with van der Waals surface area (Å²) in [6.07, 6.45) is 0. The van der Waals surface area contributed by atoms with Gasteiger partial charge in [0.1, 0.15) is 4.90 Å². The van der Waals surface area contributed by atoms with Gasteiger partial charge in [0.15, 0.2) is 15.0 Å². The highest BCUT2D eigenvalue weighted by molar-refractivity contribution is 8.15. The zero-order chi connectivity index (χ0) is 19.2. The molecule has 1 fully saturated rings. The maximum absolute atomic E-state index is 12.5. The predicted octanol–water partition coefficient (Wildman–Crippen LogP) is -0.134. The number of benzene rings is 1. The van der Waals surface area contributed by atoms with Gasteiger partial charge in [-0.25, -0.2) is 21.6 Å². The van der Waals surface area contributed by atoms with Gasteiger partial charge in [0.25, 0.3) is 10.0 Å². The molecule has 0 aliphatic carbocycles. The molecule has 2 heterocycles. The van der Waals surface area contributed by atoms with E-state index in [1.54, 1.807) is 11.8 Å². The summed E-state index contributed by atoms with van der Waals surface area (Å²) in [6.45, 7) is 2.15. The average Bonchev–Trinajstić information content (AvgIpc) is 2.53. The van der Waals surface area contributed by atoms with Gasteiger partial charge in [0.05, 0.1) is 16.4 Å². The van der Waals surface area contributed by atoms with Crippen LogP contribution in [0.5, 0.6) is 0 Å². The molecule has 2 aliphatic heterocycles. The largest absolute Gasteiger partial charge is 0.348 e. The molecule has 0 bridgehead atoms. The first-order valence-corrected chi connectivity index (χ1v) is 13.2. The Bertz CT molecular complexity index is 1060. The van der Waals surface area contributed by atoms with Crippen LogP contribution in [0.3, 0.4) is 0 Å². The molecule has 1 saturated heterocycles. The van der Waals surface area contributed by atoms with E-state index in [4.69, 9.17) is 0 Å². The van der Waals surface area contributed by atoms with Crippen LogP contribution in [0.15, 0.2) is 37.3 Å². The zero-order valence-electron chi connectivity index (χ0n) is 13.7. The molecule has 0 amide bonds. The maximum atomic E-state index is 12.5. The lowest BCUT2D eigenvalue weighted by Crippen LogP contribution is -2.43. The quantitative estimate of drug-likeness (QED) is 0.689. The van der Waals surface area contributed by atoms with Gasteiger partial charge in [-0.1, -0.05) is 6.92 Å². The van der Waals surface area contributed by atoms with Crippen molar-refractivity contribution in [2.24, 2.45) is 4.40 Å². The normalized spacial score (nSPS) is 21.7. The van der Waals surface area contributed by atoms with Crippen LogP contribution < -0.4 is 4.72 Å². The number of thioether (sulfide) groups is 1. The van der Waals surface area contributed by atoms with Crippen LogP contribution in [0.1, 0.15) is 6.92 Å². The van der Waals surface area contributed by atoms with Gasteiger partial charge >= 0.3 is 0 Å². The molecule has 9 nitrogen and oxygen atoms in total. The molecule has 0 atom stereocenters. The summed E-state index contributed by atoms with van der Waals surface area (Å²) in [5.74, 6) is -0.112. The molecule has 26 heavy (non-hydrogen) atoms. The first-order chi connectivity index (χ1) is 12.0. The molecule has 1 aromatic rings. The van der Waals surface area contributed by atoms with Crippen LogP contribution in [-0.2, 0) is 29.9 Å². The second-order valence-electron chi connectivity index (χ2n) is 5.70. The van der Waals surface area contributed by atoms with E-state index in [-0.39, 0.29) is 46.1 Å². The summed E-state index contributed by atoms with van der Waals surface area (Å²) in [6, 6.07) is 3.86. The Kier molecular flexibility index (Phi) is 5.11. The van der Waals surface area contributed by atoms with Crippen molar-refractivity contribution in [1.29, 1.82) is 0 Å². The Hall–Kier alpha value is -1.15. The Balaban J connectivity index is 1.95. The number of rotatable bonds is 3. The number of hydrogen-bond donors (Lipinski definition) is 1. The third-order valence-corrected chi connectivity index (χ3v) is 9.66. The minimum Gasteiger partial charge on any atom is -0.348 e. The monoisotopic (exact) mass is 439 g/mol. The topological polar surface area (TPSA) is 130 Å². The molecule has 3 rings (SSSR count). The lowest BCUT2D eigenvalue weighted by Gasteiger charge is -2.30. The van der Waals surface area contributed by atoms with Gasteiger partial charge < -0.3 is 4.90 Å². The van der Waals surface area contributed by atoms with Crippen molar-refractivity contribution in [2.75, 3.05) is 31.1 Å². The van der Waals surface area contributed by atoms with E-state index in [1.807, 2.05) is 0 Å². The lowest BCUT2D eigenvalue weighted by molar-refractivity contribution is 0.450. The number of fused-ring (bicyclic) bond motifs is 1. The van der Waals surface area contributed by atoms with Crippen LogP contribution in [0, 0.1) is 0 Å². The highest BCUT2D eigenvalue weighted by Gasteiger charge is 2.32. The highest BCUT2D eigenvalue weighted by Crippen LogP contribution is 2.36. The van der Waals surface area contributed by atoms with Gasteiger partial charge in [0, 0.05) is 24.5 Å². The highest BCUT2D eigenvalue weighted by atomic mass is 32.2. The summed E-state index contributed by atoms with van der Waals surface area (Å²) in [5.41, 5.74) is 0. The summed E-state index contributed by atoms with van der Waals surface area (Å²) in [4.78, 5) is 1.66. The van der Waals surface area contributed by atoms with E-state index in [9.17, 15) is 25.3 Å². The zero-order valence-corrected chi connectivity index (χ0v) is 17.0. The van der Waals surface area contributed by atoms with Gasteiger partial charge in [-0.05, 0) is 30.0 Å². The van der Waals surface area contributed by atoms with E-state index in [0.29, 0.717) is 4.90 Å². The maximum Gasteiger partial charge on any atom is 0.285 e. The number of sulfonamides is 2. The molecule has 0 aromatic heterocycles. The first kappa shape index (κ1) is 19.6. The van der Waals surface area contributed by atoms with Crippen LogP contribution in [0.2, 0.25) is 0 Å². The molecular weight excluding hydrogens is 422 g/mol. The second-order valence-corrected chi connectivity index (χ2v) is 12.4. The van der Waals surface area contributed by atoms with Crippen LogP contribution in [0.4, 0.5) is 0 Å². The van der Waals surface area contributed by atoms with Crippen LogP contribution in [-0.4, -0.2) is 66.5 Å². The fourth-order valence-electron chi connectivity index (χ4n) is 2.51. The first-order valence-electron chi connectivity index (χ1n) is 7.66. The summed E-state index contributed by atoms with van der Waals surface area (Å²) < 4.78 is 78.4. The molecular formula is C13H17N3O6S4. The van der Waals surface area contributed by atoms with Crippen molar-refractivity contribution in [3.05, 3.63) is 18.2 Å². The fourth-order valence-corrected chi connectivity index (χ4v) is 7.56. The van der Waals surface area contributed by atoms with Crippen molar-refractivity contribution >= 4 is 46.8 Å². The predicted molar refractivity (Wildman–Crippen MR) is 98.0 cm³/mol. The molecule has 0 unspecified atom stereocenters. The van der Waals surface area contributed by atoms with Crippen molar-refractivity contribution in [1.82, 2.24) is 9.62 Å².